The molecule has 4 nitrogen and oxygen atoms in total. The van der Waals surface area contributed by atoms with E-state index in [1.54, 1.807) is 7.11 Å². The predicted molar refractivity (Wildman–Crippen MR) is 126 cm³/mol. The maximum Gasteiger partial charge on any atom is 0.226 e. The molecule has 0 heterocycles. The number of nitrogens with zero attached hydrogens (tertiary/aromatic N) is 1. The summed E-state index contributed by atoms with van der Waals surface area (Å²) in [7, 11) is 1.74. The van der Waals surface area contributed by atoms with E-state index < -0.39 is 0 Å². The lowest BCUT2D eigenvalue weighted by Crippen LogP contribution is -2.53. The molecule has 0 spiro atoms. The van der Waals surface area contributed by atoms with Crippen LogP contribution < -0.4 is 10.1 Å². The van der Waals surface area contributed by atoms with E-state index in [9.17, 15) is 4.79 Å². The minimum absolute atomic E-state index is 0.0404. The van der Waals surface area contributed by atoms with Crippen molar-refractivity contribution in [2.75, 3.05) is 26.7 Å². The van der Waals surface area contributed by atoms with E-state index >= 15 is 0 Å². The van der Waals surface area contributed by atoms with Gasteiger partial charge in [-0.15, -0.1) is 0 Å². The van der Waals surface area contributed by atoms with Gasteiger partial charge in [0.25, 0.3) is 0 Å². The van der Waals surface area contributed by atoms with Gasteiger partial charge >= 0.3 is 0 Å². The van der Waals surface area contributed by atoms with Gasteiger partial charge in [0.15, 0.2) is 0 Å². The second-order valence-corrected chi connectivity index (χ2v) is 10.5. The van der Waals surface area contributed by atoms with E-state index in [2.05, 4.69) is 48.3 Å². The van der Waals surface area contributed by atoms with Crippen LogP contribution in [0.25, 0.3) is 0 Å². The standard InChI is InChI=1S/C27H40N2O2/c1-20(2)29(13-10-24-8-4-5-9-25(24)31-3)12-7-6-11-28-26(30)27-17-21-14-22(18-27)16-23(15-21)19-27/h4-9,20-23H,10-19H2,1-3H3,(H,28,30)/b7-6+. The third-order valence-corrected chi connectivity index (χ3v) is 8.00. The molecule has 4 aliphatic rings. The molecule has 170 valence electrons. The molecule has 4 saturated carbocycles. The summed E-state index contributed by atoms with van der Waals surface area (Å²) in [5, 5.41) is 3.25. The highest BCUT2D eigenvalue weighted by molar-refractivity contribution is 5.83. The summed E-state index contributed by atoms with van der Waals surface area (Å²) in [4.78, 5) is 15.5. The van der Waals surface area contributed by atoms with Crippen LogP contribution in [0.1, 0.15) is 57.9 Å². The van der Waals surface area contributed by atoms with E-state index in [0.29, 0.717) is 18.5 Å². The number of para-hydroxylation sites is 1. The van der Waals surface area contributed by atoms with Crippen LogP contribution in [-0.2, 0) is 11.2 Å². The number of ether oxygens (including phenoxy) is 1. The number of nitrogens with one attached hydrogen (secondary N) is 1. The maximum atomic E-state index is 13.1. The molecule has 4 aliphatic carbocycles. The van der Waals surface area contributed by atoms with Crippen molar-refractivity contribution in [1.29, 1.82) is 0 Å². The average Bonchev–Trinajstić information content (AvgIpc) is 2.74. The second kappa shape index (κ2) is 9.77. The van der Waals surface area contributed by atoms with Crippen molar-refractivity contribution in [3.8, 4) is 5.75 Å². The summed E-state index contributed by atoms with van der Waals surface area (Å²) in [6.45, 7) is 7.02. The normalized spacial score (nSPS) is 29.3. The zero-order valence-corrected chi connectivity index (χ0v) is 19.6. The number of methoxy groups -OCH3 is 1. The molecule has 4 heteroatoms. The van der Waals surface area contributed by atoms with Gasteiger partial charge in [0.2, 0.25) is 5.91 Å². The monoisotopic (exact) mass is 424 g/mol. The fourth-order valence-electron chi connectivity index (χ4n) is 6.75. The van der Waals surface area contributed by atoms with Gasteiger partial charge in [-0.1, -0.05) is 30.4 Å². The summed E-state index contributed by atoms with van der Waals surface area (Å²) in [6.07, 6.45) is 12.9. The number of carbonyl (C=O) groups is 1. The Balaban J connectivity index is 1.23. The quantitative estimate of drug-likeness (QED) is 0.547. The Morgan fingerprint density at radius 3 is 2.39 bits per heavy atom. The van der Waals surface area contributed by atoms with Gasteiger partial charge < -0.3 is 10.1 Å². The highest BCUT2D eigenvalue weighted by Gasteiger charge is 2.54. The molecule has 4 fully saturated rings. The highest BCUT2D eigenvalue weighted by atomic mass is 16.5. The van der Waals surface area contributed by atoms with Crippen molar-refractivity contribution in [3.63, 3.8) is 0 Å². The second-order valence-electron chi connectivity index (χ2n) is 10.5. The van der Waals surface area contributed by atoms with Gasteiger partial charge in [0.05, 0.1) is 7.11 Å². The van der Waals surface area contributed by atoms with Crippen molar-refractivity contribution < 1.29 is 9.53 Å². The molecular weight excluding hydrogens is 384 g/mol. The summed E-state index contributed by atoms with van der Waals surface area (Å²) in [5.74, 6) is 3.74. The lowest BCUT2D eigenvalue weighted by molar-refractivity contribution is -0.146. The van der Waals surface area contributed by atoms with E-state index in [-0.39, 0.29) is 5.41 Å². The van der Waals surface area contributed by atoms with Crippen LogP contribution in [-0.4, -0.2) is 43.6 Å². The van der Waals surface area contributed by atoms with Crippen LogP contribution in [0.15, 0.2) is 36.4 Å². The summed E-state index contributed by atoms with van der Waals surface area (Å²) < 4.78 is 5.49. The minimum Gasteiger partial charge on any atom is -0.496 e. The highest BCUT2D eigenvalue weighted by Crippen LogP contribution is 2.60. The fourth-order valence-corrected chi connectivity index (χ4v) is 6.75. The number of amides is 1. The summed E-state index contributed by atoms with van der Waals surface area (Å²) in [6, 6.07) is 8.74. The first kappa shape index (κ1) is 22.4. The Labute approximate surface area is 188 Å². The van der Waals surface area contributed by atoms with Crippen molar-refractivity contribution in [3.05, 3.63) is 42.0 Å². The smallest absolute Gasteiger partial charge is 0.226 e. The first-order chi connectivity index (χ1) is 15.0. The lowest BCUT2D eigenvalue weighted by Gasteiger charge is -2.55. The van der Waals surface area contributed by atoms with Crippen LogP contribution in [0.2, 0.25) is 0 Å². The third kappa shape index (κ3) is 5.16. The van der Waals surface area contributed by atoms with Crippen LogP contribution in [0, 0.1) is 23.2 Å². The largest absolute Gasteiger partial charge is 0.496 e. The van der Waals surface area contributed by atoms with E-state index in [1.165, 1.54) is 24.8 Å². The minimum atomic E-state index is -0.0404. The predicted octanol–water partition coefficient (Wildman–Crippen LogP) is 4.84. The third-order valence-electron chi connectivity index (χ3n) is 8.00. The molecule has 31 heavy (non-hydrogen) atoms. The number of hydrogen-bond acceptors (Lipinski definition) is 3. The first-order valence-electron chi connectivity index (χ1n) is 12.3. The molecule has 1 aromatic rings. The van der Waals surface area contributed by atoms with Gasteiger partial charge in [-0.2, -0.15) is 0 Å². The number of carbonyl (C=O) groups excluding carboxylic acids is 1. The van der Waals surface area contributed by atoms with Gasteiger partial charge in [0.1, 0.15) is 5.75 Å². The first-order valence-corrected chi connectivity index (χ1v) is 12.3. The summed E-state index contributed by atoms with van der Waals surface area (Å²) in [5.41, 5.74) is 1.21. The van der Waals surface area contributed by atoms with Crippen molar-refractivity contribution in [2.24, 2.45) is 23.2 Å². The van der Waals surface area contributed by atoms with Gasteiger partial charge in [0, 0.05) is 31.1 Å². The Kier molecular flexibility index (Phi) is 7.05. The Morgan fingerprint density at radius 1 is 1.13 bits per heavy atom. The van der Waals surface area contributed by atoms with Gasteiger partial charge in [-0.3, -0.25) is 9.69 Å². The molecule has 5 rings (SSSR count). The van der Waals surface area contributed by atoms with Crippen molar-refractivity contribution in [2.45, 2.75) is 64.8 Å². The van der Waals surface area contributed by atoms with Crippen LogP contribution in [0.3, 0.4) is 0 Å². The molecule has 0 aliphatic heterocycles. The van der Waals surface area contributed by atoms with Crippen molar-refractivity contribution in [1.82, 2.24) is 10.2 Å². The molecule has 0 unspecified atom stereocenters. The van der Waals surface area contributed by atoms with E-state index in [4.69, 9.17) is 4.74 Å². The van der Waals surface area contributed by atoms with Crippen LogP contribution >= 0.6 is 0 Å². The molecule has 0 aromatic heterocycles. The fraction of sp³-hybridized carbons (Fsp3) is 0.667. The lowest BCUT2D eigenvalue weighted by atomic mass is 9.49. The Morgan fingerprint density at radius 2 is 1.77 bits per heavy atom. The Hall–Kier alpha value is -1.81. The van der Waals surface area contributed by atoms with Crippen LogP contribution in [0.5, 0.6) is 5.75 Å². The topological polar surface area (TPSA) is 41.6 Å². The molecule has 1 N–H and O–H groups in total. The van der Waals surface area contributed by atoms with E-state index in [1.807, 2.05) is 12.1 Å². The van der Waals surface area contributed by atoms with E-state index in [0.717, 1.165) is 62.3 Å². The molecule has 1 aromatic carbocycles. The number of benzene rings is 1. The summed E-state index contributed by atoms with van der Waals surface area (Å²) >= 11 is 0. The molecule has 0 atom stereocenters. The molecule has 4 bridgehead atoms. The SMILES string of the molecule is COc1ccccc1CCN(C/C=C/CNC(=O)C12CC3CC(CC(C3)C1)C2)C(C)C. The molecule has 0 saturated heterocycles. The zero-order chi connectivity index (χ0) is 21.8. The van der Waals surface area contributed by atoms with Gasteiger partial charge in [-0.05, 0) is 88.2 Å². The number of hydrogen-bond donors (Lipinski definition) is 1. The molecular formula is C27H40N2O2. The van der Waals surface area contributed by atoms with Gasteiger partial charge in [-0.25, -0.2) is 0 Å². The molecule has 1 amide bonds. The van der Waals surface area contributed by atoms with Crippen molar-refractivity contribution >= 4 is 5.91 Å². The number of rotatable bonds is 10. The average molecular weight is 425 g/mol. The zero-order valence-electron chi connectivity index (χ0n) is 19.6. The Bertz CT molecular complexity index is 750. The van der Waals surface area contributed by atoms with Crippen LogP contribution in [0.4, 0.5) is 0 Å². The molecule has 0 radical (unpaired) electrons. The maximum absolute atomic E-state index is 13.1.